The van der Waals surface area contributed by atoms with E-state index in [0.29, 0.717) is 22.4 Å². The van der Waals surface area contributed by atoms with E-state index in [-0.39, 0.29) is 17.6 Å². The lowest BCUT2D eigenvalue weighted by molar-refractivity contribution is 0.0679. The van der Waals surface area contributed by atoms with Crippen molar-refractivity contribution >= 4 is 17.2 Å². The Labute approximate surface area is 136 Å². The van der Waals surface area contributed by atoms with Crippen molar-refractivity contribution in [1.29, 1.82) is 0 Å². The van der Waals surface area contributed by atoms with Gasteiger partial charge in [0.1, 0.15) is 17.2 Å². The fourth-order valence-electron chi connectivity index (χ4n) is 2.28. The van der Waals surface area contributed by atoms with Gasteiger partial charge in [-0.1, -0.05) is 11.3 Å². The van der Waals surface area contributed by atoms with E-state index in [9.17, 15) is 9.59 Å². The number of carbonyl (C=O) groups is 1. The third-order valence-electron chi connectivity index (χ3n) is 3.50. The highest BCUT2D eigenvalue weighted by atomic mass is 32.1. The lowest BCUT2D eigenvalue weighted by Gasteiger charge is -2.11. The zero-order chi connectivity index (χ0) is 16.2. The van der Waals surface area contributed by atoms with Crippen molar-refractivity contribution in [2.24, 2.45) is 0 Å². The van der Waals surface area contributed by atoms with Crippen LogP contribution in [0.3, 0.4) is 0 Å². The zero-order valence-electron chi connectivity index (χ0n) is 12.7. The summed E-state index contributed by atoms with van der Waals surface area (Å²) < 4.78 is 12.5. The Kier molecular flexibility index (Phi) is 4.73. The second-order valence-corrected chi connectivity index (χ2v) is 6.11. The highest BCUT2D eigenvalue weighted by Crippen LogP contribution is 2.18. The molecule has 2 aromatic heterocycles. The molecule has 8 heteroatoms. The van der Waals surface area contributed by atoms with Crippen LogP contribution >= 0.6 is 11.3 Å². The molecule has 7 nitrogen and oxygen atoms in total. The molecule has 1 unspecified atom stereocenters. The van der Waals surface area contributed by atoms with Crippen molar-refractivity contribution in [3.8, 4) is 10.9 Å². The van der Waals surface area contributed by atoms with Gasteiger partial charge in [0.15, 0.2) is 5.13 Å². The Balaban J connectivity index is 1.72. The van der Waals surface area contributed by atoms with E-state index < -0.39 is 0 Å². The van der Waals surface area contributed by atoms with E-state index in [1.807, 2.05) is 0 Å². The summed E-state index contributed by atoms with van der Waals surface area (Å²) in [4.78, 5) is 28.3. The lowest BCUT2D eigenvalue weighted by Crippen LogP contribution is -2.19. The molecule has 0 aromatic carbocycles. The highest BCUT2D eigenvalue weighted by Gasteiger charge is 2.16. The normalized spacial score (nSPS) is 17.2. The van der Waals surface area contributed by atoms with E-state index in [4.69, 9.17) is 9.47 Å². The van der Waals surface area contributed by atoms with Crippen LogP contribution in [-0.4, -0.2) is 41.8 Å². The van der Waals surface area contributed by atoms with Crippen molar-refractivity contribution in [3.63, 3.8) is 0 Å². The number of nitrogens with one attached hydrogen (secondary N) is 1. The Bertz CT molecular complexity index is 749. The van der Waals surface area contributed by atoms with E-state index in [0.717, 1.165) is 30.8 Å². The summed E-state index contributed by atoms with van der Waals surface area (Å²) in [5.74, 6) is 0.281. The van der Waals surface area contributed by atoms with Crippen molar-refractivity contribution in [3.05, 3.63) is 39.8 Å². The summed E-state index contributed by atoms with van der Waals surface area (Å²) in [6.07, 6.45) is 5.19. The molecule has 23 heavy (non-hydrogen) atoms. The maximum Gasteiger partial charge on any atom is 0.262 e. The van der Waals surface area contributed by atoms with Gasteiger partial charge < -0.3 is 14.8 Å². The highest BCUT2D eigenvalue weighted by molar-refractivity contribution is 7.16. The molecule has 3 rings (SSSR count). The molecule has 0 aliphatic carbocycles. The number of ether oxygens (including phenoxy) is 2. The van der Waals surface area contributed by atoms with Crippen LogP contribution in [0.5, 0.6) is 5.75 Å². The standard InChI is InChI=1S/C15H17N3O4S/c1-16-14(20)12-8-17-15(23-12)18-5-4-10(7-13(18)19)22-9-11-3-2-6-21-11/h4-5,7-8,11H,2-3,6,9H2,1H3,(H,16,20). The minimum atomic E-state index is -0.257. The Morgan fingerprint density at radius 3 is 3.17 bits per heavy atom. The summed E-state index contributed by atoms with van der Waals surface area (Å²) in [6.45, 7) is 1.22. The average Bonchev–Trinajstić information content (AvgIpc) is 3.24. The molecule has 0 bridgehead atoms. The van der Waals surface area contributed by atoms with Gasteiger partial charge in [0.25, 0.3) is 11.5 Å². The van der Waals surface area contributed by atoms with Crippen LogP contribution in [0, 0.1) is 0 Å². The molecule has 0 radical (unpaired) electrons. The molecular formula is C15H17N3O4S. The van der Waals surface area contributed by atoms with Gasteiger partial charge in [0.2, 0.25) is 0 Å². The number of pyridine rings is 1. The number of hydrogen-bond acceptors (Lipinski definition) is 6. The van der Waals surface area contributed by atoms with Crippen molar-refractivity contribution in [2.45, 2.75) is 18.9 Å². The molecule has 1 saturated heterocycles. The maximum absolute atomic E-state index is 12.2. The van der Waals surface area contributed by atoms with E-state index in [1.54, 1.807) is 19.3 Å². The van der Waals surface area contributed by atoms with Crippen molar-refractivity contribution in [2.75, 3.05) is 20.3 Å². The SMILES string of the molecule is CNC(=O)c1cnc(-n2ccc(OCC3CCCO3)cc2=O)s1. The number of aromatic nitrogens is 2. The number of thiazole rings is 1. The van der Waals surface area contributed by atoms with Crippen LogP contribution < -0.4 is 15.6 Å². The molecule has 1 aliphatic heterocycles. The van der Waals surface area contributed by atoms with Gasteiger partial charge in [-0.25, -0.2) is 4.98 Å². The molecule has 1 N–H and O–H groups in total. The van der Waals surface area contributed by atoms with Gasteiger partial charge >= 0.3 is 0 Å². The van der Waals surface area contributed by atoms with Crippen molar-refractivity contribution < 1.29 is 14.3 Å². The first-order valence-corrected chi connectivity index (χ1v) is 8.14. The van der Waals surface area contributed by atoms with Gasteiger partial charge in [-0.3, -0.25) is 14.2 Å². The summed E-state index contributed by atoms with van der Waals surface area (Å²) in [7, 11) is 1.55. The number of rotatable bonds is 5. The van der Waals surface area contributed by atoms with Crippen LogP contribution in [0.15, 0.2) is 29.3 Å². The molecule has 1 aliphatic rings. The van der Waals surface area contributed by atoms with Crippen LogP contribution in [0.4, 0.5) is 0 Å². The van der Waals surface area contributed by atoms with Gasteiger partial charge in [0.05, 0.1) is 12.3 Å². The largest absolute Gasteiger partial charge is 0.491 e. The van der Waals surface area contributed by atoms with E-state index in [1.165, 1.54) is 16.8 Å². The molecule has 0 spiro atoms. The van der Waals surface area contributed by atoms with Gasteiger partial charge in [-0.15, -0.1) is 0 Å². The second-order valence-electron chi connectivity index (χ2n) is 5.10. The van der Waals surface area contributed by atoms with Gasteiger partial charge in [0, 0.05) is 25.9 Å². The molecule has 0 saturated carbocycles. The number of carbonyl (C=O) groups excluding carboxylic acids is 1. The average molecular weight is 335 g/mol. The fraction of sp³-hybridized carbons (Fsp3) is 0.400. The topological polar surface area (TPSA) is 82.5 Å². The van der Waals surface area contributed by atoms with Crippen molar-refractivity contribution in [1.82, 2.24) is 14.9 Å². The quantitative estimate of drug-likeness (QED) is 0.888. The number of nitrogens with zero attached hydrogens (tertiary/aromatic N) is 2. The van der Waals surface area contributed by atoms with Crippen LogP contribution in [0.2, 0.25) is 0 Å². The summed E-state index contributed by atoms with van der Waals surface area (Å²) >= 11 is 1.15. The summed E-state index contributed by atoms with van der Waals surface area (Å²) in [5.41, 5.74) is -0.257. The maximum atomic E-state index is 12.2. The van der Waals surface area contributed by atoms with Crippen LogP contribution in [-0.2, 0) is 4.74 Å². The second kappa shape index (κ2) is 6.93. The molecule has 1 atom stereocenters. The lowest BCUT2D eigenvalue weighted by atomic mass is 10.2. The molecule has 1 amide bonds. The smallest absolute Gasteiger partial charge is 0.262 e. The molecular weight excluding hydrogens is 318 g/mol. The molecule has 3 heterocycles. The van der Waals surface area contributed by atoms with E-state index >= 15 is 0 Å². The first-order chi connectivity index (χ1) is 11.2. The minimum absolute atomic E-state index is 0.103. The molecule has 2 aromatic rings. The number of hydrogen-bond donors (Lipinski definition) is 1. The first-order valence-electron chi connectivity index (χ1n) is 7.33. The van der Waals surface area contributed by atoms with Crippen LogP contribution in [0.25, 0.3) is 5.13 Å². The van der Waals surface area contributed by atoms with Gasteiger partial charge in [-0.2, -0.15) is 0 Å². The first kappa shape index (κ1) is 15.7. The Morgan fingerprint density at radius 1 is 1.61 bits per heavy atom. The Hall–Kier alpha value is -2.19. The third-order valence-corrected chi connectivity index (χ3v) is 4.50. The van der Waals surface area contributed by atoms with Crippen LogP contribution in [0.1, 0.15) is 22.5 Å². The predicted molar refractivity (Wildman–Crippen MR) is 85.6 cm³/mol. The summed E-state index contributed by atoms with van der Waals surface area (Å²) in [6, 6.07) is 3.12. The summed E-state index contributed by atoms with van der Waals surface area (Å²) in [5, 5.41) is 2.97. The third kappa shape index (κ3) is 3.59. The Morgan fingerprint density at radius 2 is 2.48 bits per heavy atom. The number of amides is 1. The monoisotopic (exact) mass is 335 g/mol. The molecule has 122 valence electrons. The van der Waals surface area contributed by atoms with Gasteiger partial charge in [-0.05, 0) is 18.9 Å². The minimum Gasteiger partial charge on any atom is -0.491 e. The van der Waals surface area contributed by atoms with E-state index in [2.05, 4.69) is 10.3 Å². The fourth-order valence-corrected chi connectivity index (χ4v) is 3.13. The zero-order valence-corrected chi connectivity index (χ0v) is 13.5. The predicted octanol–water partition coefficient (Wildman–Crippen LogP) is 1.21. The molecule has 1 fully saturated rings.